The molecule has 0 aliphatic heterocycles. The normalized spacial score (nSPS) is 11.0. The van der Waals surface area contributed by atoms with Crippen molar-refractivity contribution in [2.45, 2.75) is 51.9 Å². The van der Waals surface area contributed by atoms with E-state index in [0.29, 0.717) is 29.8 Å². The number of benzene rings is 2. The van der Waals surface area contributed by atoms with E-state index in [-0.39, 0.29) is 5.56 Å². The molecule has 0 N–H and O–H groups in total. The highest BCUT2D eigenvalue weighted by atomic mass is 19.1. The van der Waals surface area contributed by atoms with Crippen molar-refractivity contribution in [2.24, 2.45) is 0 Å². The van der Waals surface area contributed by atoms with Crippen LogP contribution in [0.3, 0.4) is 0 Å². The van der Waals surface area contributed by atoms with E-state index in [4.69, 9.17) is 0 Å². The Morgan fingerprint density at radius 1 is 0.724 bits per heavy atom. The van der Waals surface area contributed by atoms with E-state index in [0.717, 1.165) is 18.4 Å². The number of halogens is 3. The predicted octanol–water partition coefficient (Wildman–Crippen LogP) is 6.47. The molecule has 5 heteroatoms. The molecule has 0 amide bonds. The summed E-state index contributed by atoms with van der Waals surface area (Å²) in [5.74, 6) is -1.10. The van der Waals surface area contributed by atoms with Crippen LogP contribution in [0, 0.1) is 17.5 Å². The van der Waals surface area contributed by atoms with Crippen molar-refractivity contribution >= 4 is 0 Å². The summed E-state index contributed by atoms with van der Waals surface area (Å²) in [5, 5.41) is 0. The van der Waals surface area contributed by atoms with Gasteiger partial charge in [0.15, 0.2) is 0 Å². The van der Waals surface area contributed by atoms with Gasteiger partial charge >= 0.3 is 0 Å². The molecule has 3 aromatic rings. The molecular weight excluding hydrogens is 373 g/mol. The molecule has 1 aromatic heterocycles. The average Bonchev–Trinajstić information content (AvgIpc) is 2.71. The number of rotatable bonds is 9. The molecule has 0 unspecified atom stereocenters. The number of aryl methyl sites for hydroxylation is 3. The van der Waals surface area contributed by atoms with Crippen molar-refractivity contribution in [1.82, 2.24) is 9.97 Å². The molecule has 0 aliphatic carbocycles. The molecule has 0 saturated heterocycles. The van der Waals surface area contributed by atoms with Crippen LogP contribution in [0.1, 0.15) is 49.6 Å². The zero-order valence-electron chi connectivity index (χ0n) is 16.6. The zero-order valence-corrected chi connectivity index (χ0v) is 16.6. The van der Waals surface area contributed by atoms with Gasteiger partial charge in [0.05, 0.1) is 5.56 Å². The smallest absolute Gasteiger partial charge is 0.134 e. The van der Waals surface area contributed by atoms with Crippen molar-refractivity contribution in [3.8, 4) is 11.1 Å². The minimum atomic E-state index is -0.657. The summed E-state index contributed by atoms with van der Waals surface area (Å²) < 4.78 is 42.0. The molecule has 2 nitrogen and oxygen atoms in total. The molecule has 0 spiro atoms. The van der Waals surface area contributed by atoms with Crippen molar-refractivity contribution in [3.05, 3.63) is 83.2 Å². The maximum atomic E-state index is 14.5. The first-order valence-electron chi connectivity index (χ1n) is 10.1. The first-order chi connectivity index (χ1) is 14.1. The summed E-state index contributed by atoms with van der Waals surface area (Å²) in [6.45, 7) is 2.19. The van der Waals surface area contributed by atoms with Gasteiger partial charge in [0, 0.05) is 18.8 Å². The van der Waals surface area contributed by atoms with Crippen LogP contribution in [-0.4, -0.2) is 9.97 Å². The molecule has 0 fully saturated rings. The second-order valence-electron chi connectivity index (χ2n) is 7.26. The van der Waals surface area contributed by atoms with Crippen LogP contribution < -0.4 is 0 Å². The van der Waals surface area contributed by atoms with Crippen LogP contribution in [0.4, 0.5) is 13.2 Å². The fourth-order valence-corrected chi connectivity index (χ4v) is 3.31. The summed E-state index contributed by atoms with van der Waals surface area (Å²) >= 11 is 0. The Morgan fingerprint density at radius 2 is 1.38 bits per heavy atom. The van der Waals surface area contributed by atoms with E-state index >= 15 is 0 Å². The van der Waals surface area contributed by atoms with Crippen molar-refractivity contribution < 1.29 is 13.2 Å². The maximum absolute atomic E-state index is 14.5. The van der Waals surface area contributed by atoms with Crippen molar-refractivity contribution in [1.29, 1.82) is 0 Å². The lowest BCUT2D eigenvalue weighted by molar-refractivity contribution is 0.585. The lowest BCUT2D eigenvalue weighted by atomic mass is 10.0. The Balaban J connectivity index is 1.61. The van der Waals surface area contributed by atoms with Gasteiger partial charge in [-0.3, -0.25) is 0 Å². The van der Waals surface area contributed by atoms with E-state index in [9.17, 15) is 13.2 Å². The SMILES string of the molecule is CCCCCCc1cnc(CCc2cc(F)c(-c3ccc(F)cc3)c(F)c2)nc1. The molecular formula is C24H25F3N2. The third-order valence-corrected chi connectivity index (χ3v) is 4.95. The Kier molecular flexibility index (Phi) is 7.39. The lowest BCUT2D eigenvalue weighted by Crippen LogP contribution is -2.01. The summed E-state index contributed by atoms with van der Waals surface area (Å²) in [7, 11) is 0. The van der Waals surface area contributed by atoms with Crippen LogP contribution in [0.25, 0.3) is 11.1 Å². The van der Waals surface area contributed by atoms with Crippen LogP contribution >= 0.6 is 0 Å². The molecule has 152 valence electrons. The highest BCUT2D eigenvalue weighted by Crippen LogP contribution is 2.27. The van der Waals surface area contributed by atoms with E-state index in [2.05, 4.69) is 16.9 Å². The molecule has 29 heavy (non-hydrogen) atoms. The first kappa shape index (κ1) is 21.0. The second-order valence-corrected chi connectivity index (χ2v) is 7.26. The van der Waals surface area contributed by atoms with Gasteiger partial charge in [0.2, 0.25) is 0 Å². The zero-order chi connectivity index (χ0) is 20.6. The highest BCUT2D eigenvalue weighted by Gasteiger charge is 2.14. The van der Waals surface area contributed by atoms with Crippen LogP contribution in [0.2, 0.25) is 0 Å². The molecule has 0 atom stereocenters. The Labute approximate surface area is 169 Å². The van der Waals surface area contributed by atoms with Gasteiger partial charge in [-0.05, 0) is 60.2 Å². The average molecular weight is 398 g/mol. The third-order valence-electron chi connectivity index (χ3n) is 4.95. The first-order valence-corrected chi connectivity index (χ1v) is 10.1. The highest BCUT2D eigenvalue weighted by molar-refractivity contribution is 5.65. The fraction of sp³-hybridized carbons (Fsp3) is 0.333. The van der Waals surface area contributed by atoms with E-state index in [1.54, 1.807) is 0 Å². The summed E-state index contributed by atoms with van der Waals surface area (Å²) in [4.78, 5) is 8.75. The topological polar surface area (TPSA) is 25.8 Å². The predicted molar refractivity (Wildman–Crippen MR) is 109 cm³/mol. The molecule has 0 aliphatic rings. The summed E-state index contributed by atoms with van der Waals surface area (Å²) in [6, 6.07) is 7.76. The van der Waals surface area contributed by atoms with E-state index in [1.807, 2.05) is 12.4 Å². The molecule has 0 radical (unpaired) electrons. The second kappa shape index (κ2) is 10.2. The van der Waals surface area contributed by atoms with E-state index in [1.165, 1.54) is 55.7 Å². The molecule has 2 aromatic carbocycles. The van der Waals surface area contributed by atoms with Crippen LogP contribution in [0.15, 0.2) is 48.8 Å². The third kappa shape index (κ3) is 5.89. The summed E-state index contributed by atoms with van der Waals surface area (Å²) in [6.07, 6.45) is 10.4. The summed E-state index contributed by atoms with van der Waals surface area (Å²) in [5.41, 5.74) is 1.83. The van der Waals surface area contributed by atoms with Crippen LogP contribution in [-0.2, 0) is 19.3 Å². The van der Waals surface area contributed by atoms with E-state index < -0.39 is 17.5 Å². The minimum Gasteiger partial charge on any atom is -0.241 e. The number of unbranched alkanes of at least 4 members (excludes halogenated alkanes) is 3. The quantitative estimate of drug-likeness (QED) is 0.386. The van der Waals surface area contributed by atoms with Gasteiger partial charge in [-0.1, -0.05) is 38.3 Å². The number of aromatic nitrogens is 2. The van der Waals surface area contributed by atoms with Crippen LogP contribution in [0.5, 0.6) is 0 Å². The van der Waals surface area contributed by atoms with Gasteiger partial charge in [0.1, 0.15) is 23.3 Å². The molecule has 0 bridgehead atoms. The van der Waals surface area contributed by atoms with Crippen molar-refractivity contribution in [3.63, 3.8) is 0 Å². The van der Waals surface area contributed by atoms with Gasteiger partial charge < -0.3 is 0 Å². The fourth-order valence-electron chi connectivity index (χ4n) is 3.31. The largest absolute Gasteiger partial charge is 0.241 e. The number of hydrogen-bond donors (Lipinski definition) is 0. The number of hydrogen-bond acceptors (Lipinski definition) is 2. The minimum absolute atomic E-state index is 0.141. The number of nitrogens with zero attached hydrogens (tertiary/aromatic N) is 2. The molecule has 1 heterocycles. The molecule has 0 saturated carbocycles. The maximum Gasteiger partial charge on any atom is 0.134 e. The Morgan fingerprint density at radius 3 is 2.00 bits per heavy atom. The Bertz CT molecular complexity index is 899. The monoisotopic (exact) mass is 398 g/mol. The standard InChI is InChI=1S/C24H25F3N2/c1-2-3-4-5-6-18-15-28-23(29-16-18)12-7-17-13-21(26)24(22(27)14-17)19-8-10-20(25)11-9-19/h8-11,13-16H,2-7,12H2,1H3. The van der Waals surface area contributed by atoms with Gasteiger partial charge in [-0.2, -0.15) is 0 Å². The van der Waals surface area contributed by atoms with Gasteiger partial charge in [-0.15, -0.1) is 0 Å². The lowest BCUT2D eigenvalue weighted by Gasteiger charge is -2.09. The van der Waals surface area contributed by atoms with Crippen molar-refractivity contribution in [2.75, 3.05) is 0 Å². The van der Waals surface area contributed by atoms with Gasteiger partial charge in [-0.25, -0.2) is 23.1 Å². The van der Waals surface area contributed by atoms with Gasteiger partial charge in [0.25, 0.3) is 0 Å². The Hall–Kier alpha value is -2.69. The molecule has 3 rings (SSSR count).